The highest BCUT2D eigenvalue weighted by Crippen LogP contribution is 2.21. The number of nitrogens with one attached hydrogen (secondary N) is 1. The Morgan fingerprint density at radius 1 is 1.11 bits per heavy atom. The summed E-state index contributed by atoms with van der Waals surface area (Å²) in [6, 6.07) is 10.8. The van der Waals surface area contributed by atoms with Crippen molar-refractivity contribution >= 4 is 40.4 Å². The van der Waals surface area contributed by atoms with Crippen LogP contribution in [0.5, 0.6) is 0 Å². The first-order chi connectivity index (χ1) is 13.0. The number of benzene rings is 1. The van der Waals surface area contributed by atoms with Crippen molar-refractivity contribution in [1.29, 1.82) is 0 Å². The van der Waals surface area contributed by atoms with Gasteiger partial charge in [-0.2, -0.15) is 0 Å². The number of nitrogens with zero attached hydrogens (tertiary/aromatic N) is 2. The van der Waals surface area contributed by atoms with Gasteiger partial charge in [0.25, 0.3) is 5.91 Å². The van der Waals surface area contributed by atoms with Gasteiger partial charge in [-0.15, -0.1) is 11.3 Å². The Labute approximate surface area is 168 Å². The number of piperazine rings is 1. The van der Waals surface area contributed by atoms with E-state index in [0.29, 0.717) is 23.0 Å². The van der Waals surface area contributed by atoms with Crippen molar-refractivity contribution in [3.8, 4) is 0 Å². The number of carbonyl (C=O) groups excluding carboxylic acids is 2. The summed E-state index contributed by atoms with van der Waals surface area (Å²) in [6.45, 7) is 6.66. The highest BCUT2D eigenvalue weighted by molar-refractivity contribution is 7.12. The van der Waals surface area contributed by atoms with E-state index in [0.717, 1.165) is 18.8 Å². The van der Waals surface area contributed by atoms with Crippen molar-refractivity contribution in [3.63, 3.8) is 0 Å². The van der Waals surface area contributed by atoms with Crippen LogP contribution in [0.4, 0.5) is 5.69 Å². The molecule has 2 heterocycles. The van der Waals surface area contributed by atoms with Crippen molar-refractivity contribution in [3.05, 3.63) is 51.7 Å². The number of amides is 2. The molecule has 144 valence electrons. The number of thiophene rings is 1. The second-order valence-corrected chi connectivity index (χ2v) is 8.35. The smallest absolute Gasteiger partial charge is 0.262 e. The molecular weight excluding hydrogens is 382 g/mol. The average molecular weight is 406 g/mol. The number of anilines is 1. The van der Waals surface area contributed by atoms with Crippen molar-refractivity contribution in [2.75, 3.05) is 31.1 Å². The summed E-state index contributed by atoms with van der Waals surface area (Å²) in [5, 5.41) is 5.48. The fourth-order valence-corrected chi connectivity index (χ4v) is 4.00. The van der Waals surface area contributed by atoms with Gasteiger partial charge in [0.2, 0.25) is 5.91 Å². The second-order valence-electron chi connectivity index (χ2n) is 6.96. The fraction of sp³-hybridized carbons (Fsp3) is 0.400. The fourth-order valence-electron chi connectivity index (χ4n) is 3.19. The molecule has 1 aliphatic rings. The number of rotatable bonds is 5. The molecule has 1 saturated heterocycles. The van der Waals surface area contributed by atoms with Crippen LogP contribution >= 0.6 is 22.9 Å². The van der Waals surface area contributed by atoms with Crippen LogP contribution in [-0.4, -0.2) is 48.9 Å². The molecule has 2 aromatic rings. The maximum absolute atomic E-state index is 13.0. The molecule has 1 N–H and O–H groups in total. The van der Waals surface area contributed by atoms with E-state index in [1.807, 2.05) is 54.5 Å². The molecule has 1 aromatic heterocycles. The van der Waals surface area contributed by atoms with Crippen LogP contribution in [0.3, 0.4) is 0 Å². The highest BCUT2D eigenvalue weighted by atomic mass is 35.5. The van der Waals surface area contributed by atoms with Gasteiger partial charge < -0.3 is 15.1 Å². The molecule has 1 unspecified atom stereocenters. The number of hydrogen-bond acceptors (Lipinski definition) is 4. The van der Waals surface area contributed by atoms with Gasteiger partial charge in [0.15, 0.2) is 0 Å². The van der Waals surface area contributed by atoms with Gasteiger partial charge in [-0.25, -0.2) is 0 Å². The summed E-state index contributed by atoms with van der Waals surface area (Å²) < 4.78 is 0. The van der Waals surface area contributed by atoms with E-state index in [2.05, 4.69) is 10.2 Å². The van der Waals surface area contributed by atoms with Crippen LogP contribution < -0.4 is 10.2 Å². The normalized spacial score (nSPS) is 15.7. The van der Waals surface area contributed by atoms with E-state index in [1.54, 1.807) is 6.07 Å². The Balaban J connectivity index is 1.61. The summed E-state index contributed by atoms with van der Waals surface area (Å²) in [6.07, 6.45) is 0. The molecule has 0 bridgehead atoms. The van der Waals surface area contributed by atoms with Gasteiger partial charge in [0, 0.05) is 36.9 Å². The lowest BCUT2D eigenvalue weighted by molar-refractivity contribution is -0.134. The van der Waals surface area contributed by atoms with Gasteiger partial charge in [-0.05, 0) is 35.6 Å². The van der Waals surface area contributed by atoms with E-state index >= 15 is 0 Å². The molecule has 0 radical (unpaired) electrons. The van der Waals surface area contributed by atoms with Gasteiger partial charge in [0.1, 0.15) is 6.04 Å². The van der Waals surface area contributed by atoms with Crippen LogP contribution in [0, 0.1) is 5.92 Å². The van der Waals surface area contributed by atoms with Crippen LogP contribution in [0.2, 0.25) is 5.02 Å². The van der Waals surface area contributed by atoms with E-state index < -0.39 is 6.04 Å². The third kappa shape index (κ3) is 4.82. The zero-order valence-electron chi connectivity index (χ0n) is 15.5. The predicted octanol–water partition coefficient (Wildman–Crippen LogP) is 3.50. The van der Waals surface area contributed by atoms with Gasteiger partial charge >= 0.3 is 0 Å². The Hall–Kier alpha value is -2.05. The van der Waals surface area contributed by atoms with Gasteiger partial charge in [0.05, 0.1) is 4.88 Å². The lowest BCUT2D eigenvalue weighted by atomic mass is 10.0. The van der Waals surface area contributed by atoms with Crippen LogP contribution in [0.1, 0.15) is 23.5 Å². The molecule has 1 aliphatic heterocycles. The number of carbonyl (C=O) groups is 2. The molecule has 1 atom stereocenters. The second kappa shape index (κ2) is 8.76. The van der Waals surface area contributed by atoms with Crippen molar-refractivity contribution < 1.29 is 9.59 Å². The summed E-state index contributed by atoms with van der Waals surface area (Å²) in [5.74, 6) is -0.178. The van der Waals surface area contributed by atoms with E-state index in [4.69, 9.17) is 11.6 Å². The maximum Gasteiger partial charge on any atom is 0.262 e. The Kier molecular flexibility index (Phi) is 6.39. The minimum atomic E-state index is -0.516. The van der Waals surface area contributed by atoms with Crippen LogP contribution in [0.25, 0.3) is 0 Å². The third-order valence-electron chi connectivity index (χ3n) is 4.73. The molecule has 7 heteroatoms. The summed E-state index contributed by atoms with van der Waals surface area (Å²) in [4.78, 5) is 30.1. The topological polar surface area (TPSA) is 52.7 Å². The lowest BCUT2D eigenvalue weighted by Crippen LogP contribution is -2.56. The Bertz CT molecular complexity index is 786. The number of halogens is 1. The van der Waals surface area contributed by atoms with E-state index in [9.17, 15) is 9.59 Å². The van der Waals surface area contributed by atoms with Crippen molar-refractivity contribution in [2.45, 2.75) is 19.9 Å². The first-order valence-electron chi connectivity index (χ1n) is 9.09. The first-order valence-corrected chi connectivity index (χ1v) is 10.3. The molecule has 3 rings (SSSR count). The molecule has 0 spiro atoms. The molecule has 2 amide bonds. The van der Waals surface area contributed by atoms with Crippen molar-refractivity contribution in [2.24, 2.45) is 5.92 Å². The van der Waals surface area contributed by atoms with E-state index in [1.165, 1.54) is 11.3 Å². The minimum absolute atomic E-state index is 0.0133. The number of hydrogen-bond donors (Lipinski definition) is 1. The molecule has 1 aromatic carbocycles. The largest absolute Gasteiger partial charge is 0.368 e. The molecule has 5 nitrogen and oxygen atoms in total. The highest BCUT2D eigenvalue weighted by Gasteiger charge is 2.31. The summed E-state index contributed by atoms with van der Waals surface area (Å²) >= 11 is 7.46. The monoisotopic (exact) mass is 405 g/mol. The molecule has 27 heavy (non-hydrogen) atoms. The minimum Gasteiger partial charge on any atom is -0.368 e. The SMILES string of the molecule is CC(C)C(NC(=O)c1cccs1)C(=O)N1CCN(c2cccc(Cl)c2)CC1. The molecule has 0 aliphatic carbocycles. The van der Waals surface area contributed by atoms with E-state index in [-0.39, 0.29) is 17.7 Å². The van der Waals surface area contributed by atoms with Gasteiger partial charge in [-0.3, -0.25) is 9.59 Å². The third-order valence-corrected chi connectivity index (χ3v) is 5.83. The zero-order valence-corrected chi connectivity index (χ0v) is 17.1. The predicted molar refractivity (Wildman–Crippen MR) is 111 cm³/mol. The summed E-state index contributed by atoms with van der Waals surface area (Å²) in [5.41, 5.74) is 1.07. The zero-order chi connectivity index (χ0) is 19.4. The van der Waals surface area contributed by atoms with Crippen molar-refractivity contribution in [1.82, 2.24) is 10.2 Å². The maximum atomic E-state index is 13.0. The van der Waals surface area contributed by atoms with Gasteiger partial charge in [-0.1, -0.05) is 37.6 Å². The first kappa shape index (κ1) is 19.7. The quantitative estimate of drug-likeness (QED) is 0.828. The van der Waals surface area contributed by atoms with Crippen LogP contribution in [-0.2, 0) is 4.79 Å². The average Bonchev–Trinajstić information content (AvgIpc) is 3.20. The summed E-state index contributed by atoms with van der Waals surface area (Å²) in [7, 11) is 0. The molecular formula is C20H24ClN3O2S. The lowest BCUT2D eigenvalue weighted by Gasteiger charge is -2.38. The van der Waals surface area contributed by atoms with Crippen LogP contribution in [0.15, 0.2) is 41.8 Å². The Morgan fingerprint density at radius 3 is 2.44 bits per heavy atom. The standard InChI is InChI=1S/C20H24ClN3O2S/c1-14(2)18(22-19(25)17-7-4-12-27-17)20(26)24-10-8-23(9-11-24)16-6-3-5-15(21)13-16/h3-7,12-14,18H,8-11H2,1-2H3,(H,22,25). The molecule has 0 saturated carbocycles. The molecule has 1 fully saturated rings. The Morgan fingerprint density at radius 2 is 1.85 bits per heavy atom.